The molecule has 0 spiro atoms. The van der Waals surface area contributed by atoms with Crippen molar-refractivity contribution in [1.82, 2.24) is 10.6 Å². The zero-order chi connectivity index (χ0) is 61.2. The molecule has 0 unspecified atom stereocenters. The Hall–Kier alpha value is -8.66. The van der Waals surface area contributed by atoms with Crippen LogP contribution in [-0.4, -0.2) is 171 Å². The van der Waals surface area contributed by atoms with E-state index in [9.17, 15) is 57.5 Å². The highest BCUT2D eigenvalue weighted by Crippen LogP contribution is 2.40. The van der Waals surface area contributed by atoms with Crippen LogP contribution in [0.25, 0.3) is 12.2 Å². The van der Waals surface area contributed by atoms with Gasteiger partial charge in [0.05, 0.1) is 39.1 Å². The van der Waals surface area contributed by atoms with Gasteiger partial charge >= 0.3 is 71.3 Å². The summed E-state index contributed by atoms with van der Waals surface area (Å²) >= 11 is 0. The van der Waals surface area contributed by atoms with E-state index in [1.807, 2.05) is 0 Å². The third-order valence-corrected chi connectivity index (χ3v) is 11.8. The fourth-order valence-electron chi connectivity index (χ4n) is 8.87. The summed E-state index contributed by atoms with van der Waals surface area (Å²) in [6, 6.07) is 9.17. The van der Waals surface area contributed by atoms with E-state index in [-0.39, 0.29) is 11.5 Å². The summed E-state index contributed by atoms with van der Waals surface area (Å²) < 4.78 is 78.9. The molecule has 0 aromatic heterocycles. The monoisotopic (exact) mass is 1160 g/mol. The Morgan fingerprint density at radius 1 is 0.476 bits per heavy atom. The molecule has 2 heterocycles. The maximum absolute atomic E-state index is 13.9. The number of rotatable bonds is 24. The molecule has 0 radical (unpaired) electrons. The van der Waals surface area contributed by atoms with Gasteiger partial charge in [0.15, 0.2) is 24.4 Å². The SMILES string of the molecule is COC(=O)[C@@]1(Oc2ccc(/C=C/c3ccc(O[C@]4(C(=O)OC)C[C@H](OC(C)=O)[C@@H](NC(C)=O)[C@H]([C@H](OC(C)=O)[C@@H](COC(C)=O)OC(C)=O)O4)cc3)cc2)C[C@H](OC(C)=O)[C@@H](NC(C)=O)[C@H]([C@H](OC(C)=O)[C@@H](COC(C)=O)OC(C)=O)O1. The molecular weight excluding hydrogens is 1090 g/mol. The molecule has 2 amide bonds. The molecule has 28 heteroatoms. The van der Waals surface area contributed by atoms with E-state index in [4.69, 9.17) is 66.3 Å². The number of carbonyl (C=O) groups excluding carboxylic acids is 12. The van der Waals surface area contributed by atoms with E-state index in [1.165, 1.54) is 24.3 Å². The minimum atomic E-state index is -2.54. The van der Waals surface area contributed by atoms with Gasteiger partial charge in [-0.3, -0.25) is 47.9 Å². The van der Waals surface area contributed by atoms with Gasteiger partial charge in [0.2, 0.25) is 11.8 Å². The fourth-order valence-corrected chi connectivity index (χ4v) is 8.87. The molecule has 2 fully saturated rings. The van der Waals surface area contributed by atoms with Crippen molar-refractivity contribution >= 4 is 83.7 Å². The highest BCUT2D eigenvalue weighted by atomic mass is 16.8. The Morgan fingerprint density at radius 2 is 0.793 bits per heavy atom. The number of nitrogens with one attached hydrogen (secondary N) is 2. The number of esters is 10. The summed E-state index contributed by atoms with van der Waals surface area (Å²) in [4.78, 5) is 152. The van der Waals surface area contributed by atoms with Crippen molar-refractivity contribution in [2.24, 2.45) is 0 Å². The number of hydrogen-bond acceptors (Lipinski definition) is 26. The second-order valence-corrected chi connectivity index (χ2v) is 18.5. The van der Waals surface area contributed by atoms with Crippen molar-refractivity contribution in [3.8, 4) is 11.5 Å². The first kappa shape index (κ1) is 65.9. The number of amides is 2. The number of methoxy groups -OCH3 is 2. The Balaban J connectivity index is 1.72. The van der Waals surface area contributed by atoms with Gasteiger partial charge in [-0.2, -0.15) is 0 Å². The quantitative estimate of drug-likeness (QED) is 0.0857. The summed E-state index contributed by atoms with van der Waals surface area (Å²) in [6.07, 6.45) is -11.2. The van der Waals surface area contributed by atoms with Gasteiger partial charge < -0.3 is 76.9 Å². The van der Waals surface area contributed by atoms with Crippen molar-refractivity contribution in [3.63, 3.8) is 0 Å². The van der Waals surface area contributed by atoms with Crippen LogP contribution >= 0.6 is 0 Å². The molecule has 28 nitrogen and oxygen atoms in total. The minimum Gasteiger partial charge on any atom is -0.464 e. The van der Waals surface area contributed by atoms with E-state index in [0.717, 1.165) is 83.5 Å². The highest BCUT2D eigenvalue weighted by molar-refractivity contribution is 5.81. The predicted octanol–water partition coefficient (Wildman–Crippen LogP) is 1.66. The third-order valence-electron chi connectivity index (χ3n) is 11.8. The topological polar surface area (TPSA) is 358 Å². The van der Waals surface area contributed by atoms with Gasteiger partial charge in [0.25, 0.3) is 0 Å². The van der Waals surface area contributed by atoms with Crippen LogP contribution in [0.2, 0.25) is 0 Å². The van der Waals surface area contributed by atoms with Gasteiger partial charge in [-0.15, -0.1) is 0 Å². The maximum atomic E-state index is 13.9. The van der Waals surface area contributed by atoms with Gasteiger partial charge in [-0.1, -0.05) is 36.4 Å². The highest BCUT2D eigenvalue weighted by Gasteiger charge is 2.62. The number of hydrogen-bond donors (Lipinski definition) is 2. The average Bonchev–Trinajstić information content (AvgIpc) is 2.19. The molecule has 2 aromatic carbocycles. The summed E-state index contributed by atoms with van der Waals surface area (Å²) in [7, 11) is 2.02. The lowest BCUT2D eigenvalue weighted by atomic mass is 9.88. The van der Waals surface area contributed by atoms with E-state index in [2.05, 4.69) is 10.6 Å². The van der Waals surface area contributed by atoms with Crippen molar-refractivity contribution < 1.29 is 124 Å². The van der Waals surface area contributed by atoms with Gasteiger partial charge in [0.1, 0.15) is 49.1 Å². The van der Waals surface area contributed by atoms with Crippen LogP contribution < -0.4 is 20.1 Å². The van der Waals surface area contributed by atoms with E-state index >= 15 is 0 Å². The first-order valence-corrected chi connectivity index (χ1v) is 25.1. The molecule has 2 aliphatic heterocycles. The smallest absolute Gasteiger partial charge is 0.379 e. The molecular formula is C54H66N2O26. The van der Waals surface area contributed by atoms with Crippen molar-refractivity contribution in [2.75, 3.05) is 27.4 Å². The summed E-state index contributed by atoms with van der Waals surface area (Å²) in [5.41, 5.74) is 1.10. The molecule has 4 rings (SSSR count). The van der Waals surface area contributed by atoms with Crippen LogP contribution in [0.4, 0.5) is 0 Å². The Morgan fingerprint density at radius 3 is 1.05 bits per heavy atom. The van der Waals surface area contributed by atoms with Crippen LogP contribution in [0.5, 0.6) is 11.5 Å². The van der Waals surface area contributed by atoms with Crippen LogP contribution in [0.3, 0.4) is 0 Å². The minimum absolute atomic E-state index is 0.0284. The Kier molecular flexibility index (Phi) is 23.9. The fraction of sp³-hybridized carbons (Fsp3) is 0.519. The second kappa shape index (κ2) is 29.7. The van der Waals surface area contributed by atoms with Gasteiger partial charge in [-0.25, -0.2) is 9.59 Å². The third kappa shape index (κ3) is 19.0. The molecule has 448 valence electrons. The summed E-state index contributed by atoms with van der Waals surface area (Å²) in [5.74, 6) is -16.0. The van der Waals surface area contributed by atoms with Crippen LogP contribution in [-0.2, 0) is 114 Å². The van der Waals surface area contributed by atoms with Gasteiger partial charge in [-0.05, 0) is 35.4 Å². The largest absolute Gasteiger partial charge is 0.464 e. The molecule has 82 heavy (non-hydrogen) atoms. The molecule has 0 aliphatic carbocycles. The number of ether oxygens (including phenoxy) is 14. The maximum Gasteiger partial charge on any atom is 0.379 e. The normalized spacial score (nSPS) is 23.5. The lowest BCUT2D eigenvalue weighted by Gasteiger charge is -2.48. The van der Waals surface area contributed by atoms with Crippen molar-refractivity contribution in [1.29, 1.82) is 0 Å². The van der Waals surface area contributed by atoms with Crippen LogP contribution in [0.1, 0.15) is 93.2 Å². The lowest BCUT2D eigenvalue weighted by molar-refractivity contribution is -0.289. The Labute approximate surface area is 470 Å². The standard InChI is InChI=1S/C54H66N2O26/c1-27(57)55-45-41(73-31(5)61)23-53(51(67)69-11,81-49(45)47(77-35(9)65)43(75-33(7)63)25-71-29(3)59)79-39-19-15-37(16-20-39)13-14-38-17-21-40(22-18-38)80-54(52(68)70-12)24-42(74-32(6)62)46(56-28(2)58)50(82-54)48(78-36(10)66)44(76-34(8)64)26-72-30(4)60/h13-22,41-50H,23-26H2,1-12H3,(H,55,57)(H,56,58)/b14-13+/t41-,42-,43+,44+,45+,46+,47+,48+,49+,50+,53+,54+/m0/s1. The predicted molar refractivity (Wildman–Crippen MR) is 273 cm³/mol. The molecule has 0 saturated carbocycles. The first-order valence-electron chi connectivity index (χ1n) is 25.1. The first-order chi connectivity index (χ1) is 38.5. The number of carbonyl (C=O) groups is 12. The Bertz CT molecular complexity index is 2530. The van der Waals surface area contributed by atoms with Gasteiger partial charge in [0, 0.05) is 69.2 Å². The molecule has 2 saturated heterocycles. The molecule has 2 aromatic rings. The zero-order valence-electron chi connectivity index (χ0n) is 47.0. The summed E-state index contributed by atoms with van der Waals surface area (Å²) in [6.45, 7) is 9.14. The van der Waals surface area contributed by atoms with Crippen molar-refractivity contribution in [2.45, 2.75) is 155 Å². The van der Waals surface area contributed by atoms with Crippen molar-refractivity contribution in [3.05, 3.63) is 59.7 Å². The zero-order valence-corrected chi connectivity index (χ0v) is 47.0. The summed E-state index contributed by atoms with van der Waals surface area (Å²) in [5, 5.41) is 5.17. The van der Waals surface area contributed by atoms with E-state index in [1.54, 1.807) is 36.4 Å². The lowest BCUT2D eigenvalue weighted by Crippen LogP contribution is -2.70. The molecule has 2 N–H and O–H groups in total. The average molecular weight is 1160 g/mol. The van der Waals surface area contributed by atoms with Crippen LogP contribution in [0.15, 0.2) is 48.5 Å². The van der Waals surface area contributed by atoms with E-state index in [0.29, 0.717) is 11.1 Å². The van der Waals surface area contributed by atoms with Crippen LogP contribution in [0, 0.1) is 0 Å². The van der Waals surface area contributed by atoms with E-state index < -0.39 is 170 Å². The molecule has 2 aliphatic rings. The molecule has 0 bridgehead atoms. The second-order valence-electron chi connectivity index (χ2n) is 18.5. The number of benzene rings is 2. The molecule has 12 atom stereocenters.